The third kappa shape index (κ3) is 8.61. The fourth-order valence-electron chi connectivity index (χ4n) is 6.28. The number of azide groups is 5. The molecule has 0 aromatic heterocycles. The molecule has 3 aliphatic heterocycles. The highest BCUT2D eigenvalue weighted by atomic mass is 16.8. The van der Waals surface area contributed by atoms with Gasteiger partial charge in [-0.1, -0.05) is 25.6 Å². The van der Waals surface area contributed by atoms with Crippen molar-refractivity contribution in [2.75, 3.05) is 19.8 Å². The van der Waals surface area contributed by atoms with E-state index in [-0.39, 0.29) is 6.42 Å². The van der Waals surface area contributed by atoms with Crippen molar-refractivity contribution in [3.8, 4) is 0 Å². The highest BCUT2D eigenvalue weighted by molar-refractivity contribution is 5.04. The minimum atomic E-state index is -1.92. The molecule has 0 spiro atoms. The molecule has 0 bridgehead atoms. The lowest BCUT2D eigenvalue weighted by atomic mass is 9.84. The molecule has 19 atom stereocenters. The third-order valence-corrected chi connectivity index (χ3v) is 8.87. The van der Waals surface area contributed by atoms with Crippen LogP contribution in [0, 0.1) is 0 Å². The van der Waals surface area contributed by atoms with Gasteiger partial charge in [0.25, 0.3) is 0 Å². The molecule has 1 saturated carbocycles. The predicted octanol–water partition coefficient (Wildman–Crippen LogP) is -2.10. The van der Waals surface area contributed by atoms with Gasteiger partial charge in [0.15, 0.2) is 18.9 Å². The van der Waals surface area contributed by atoms with Crippen molar-refractivity contribution in [1.29, 1.82) is 0 Å². The SMILES string of the molecule is [N-]=[N+]=NCC1O[C@H](OC2C(O)[C@H](OC3C(O)[C@H](N=[N+]=[N-])CC(N=[N+]=[N-])[C@H]3O[C@H]3OC(CO)[C@@H](O)C(O)C3N=[N+]=[N-])O[C@@H]2CO)C(N=[N+]=[N-])C(O)C1O. The van der Waals surface area contributed by atoms with Crippen molar-refractivity contribution in [3.05, 3.63) is 52.2 Å². The zero-order chi connectivity index (χ0) is 38.1. The quantitative estimate of drug-likeness (QED) is 0.0536. The topological polar surface area (TPSA) is 461 Å². The van der Waals surface area contributed by atoms with Crippen LogP contribution >= 0.6 is 0 Å². The van der Waals surface area contributed by atoms with E-state index in [0.717, 1.165) is 0 Å². The summed E-state index contributed by atoms with van der Waals surface area (Å²) in [5.74, 6) is 0. The number of hydrogen-bond acceptors (Lipinski definition) is 19. The molecule has 0 aromatic rings. The number of rotatable bonds is 14. The molecular weight excluding hydrogens is 710 g/mol. The van der Waals surface area contributed by atoms with Gasteiger partial charge in [0.1, 0.15) is 54.8 Å². The highest BCUT2D eigenvalue weighted by Crippen LogP contribution is 2.37. The van der Waals surface area contributed by atoms with E-state index in [0.29, 0.717) is 0 Å². The van der Waals surface area contributed by atoms with Gasteiger partial charge < -0.3 is 69.3 Å². The molecule has 29 heteroatoms. The average Bonchev–Trinajstić information content (AvgIpc) is 3.43. The zero-order valence-electron chi connectivity index (χ0n) is 26.5. The fraction of sp³-hybridized carbons (Fsp3) is 1.00. The normalized spacial score (nSPS) is 44.5. The first-order valence-electron chi connectivity index (χ1n) is 15.4. The smallest absolute Gasteiger partial charge is 0.187 e. The van der Waals surface area contributed by atoms with Gasteiger partial charge in [-0.2, -0.15) is 0 Å². The Bertz CT molecular complexity index is 1470. The van der Waals surface area contributed by atoms with E-state index in [2.05, 4.69) is 50.1 Å². The minimum Gasteiger partial charge on any atom is -0.394 e. The monoisotopic (exact) mass is 745 g/mol. The van der Waals surface area contributed by atoms with Crippen LogP contribution in [0.3, 0.4) is 0 Å². The second kappa shape index (κ2) is 18.7. The van der Waals surface area contributed by atoms with Gasteiger partial charge in [-0.15, -0.1) is 0 Å². The van der Waals surface area contributed by atoms with Crippen LogP contribution in [0.2, 0.25) is 0 Å². The average molecular weight is 746 g/mol. The van der Waals surface area contributed by atoms with Crippen LogP contribution in [0.15, 0.2) is 25.6 Å². The van der Waals surface area contributed by atoms with Crippen LogP contribution in [0.4, 0.5) is 0 Å². The number of hydrogen-bond donors (Lipinski definition) is 8. The molecule has 286 valence electrons. The number of ether oxygens (including phenoxy) is 6. The van der Waals surface area contributed by atoms with E-state index >= 15 is 0 Å². The molecule has 4 fully saturated rings. The first-order chi connectivity index (χ1) is 25.0. The molecule has 3 heterocycles. The Hall–Kier alpha value is -4.01. The van der Waals surface area contributed by atoms with Crippen molar-refractivity contribution >= 4 is 0 Å². The van der Waals surface area contributed by atoms with E-state index in [4.69, 9.17) is 50.5 Å². The van der Waals surface area contributed by atoms with Crippen molar-refractivity contribution in [1.82, 2.24) is 0 Å². The second-order valence-electron chi connectivity index (χ2n) is 11.8. The summed E-state index contributed by atoms with van der Waals surface area (Å²) < 4.78 is 34.4. The predicted molar refractivity (Wildman–Crippen MR) is 161 cm³/mol. The minimum absolute atomic E-state index is 0.364. The molecule has 0 aromatic carbocycles. The van der Waals surface area contributed by atoms with E-state index in [9.17, 15) is 46.4 Å². The number of nitrogens with zero attached hydrogens (tertiary/aromatic N) is 15. The molecule has 1 aliphatic carbocycles. The van der Waals surface area contributed by atoms with E-state index in [1.54, 1.807) is 0 Å². The van der Waals surface area contributed by atoms with Crippen LogP contribution < -0.4 is 0 Å². The Morgan fingerprint density at radius 1 is 0.500 bits per heavy atom. The first-order valence-corrected chi connectivity index (χ1v) is 15.4. The van der Waals surface area contributed by atoms with E-state index < -0.39 is 136 Å². The van der Waals surface area contributed by atoms with Gasteiger partial charge in [-0.25, -0.2) is 0 Å². The summed E-state index contributed by atoms with van der Waals surface area (Å²) in [5, 5.41) is 102. The zero-order valence-corrected chi connectivity index (χ0v) is 26.5. The number of aliphatic hydroxyl groups excluding tert-OH is 8. The third-order valence-electron chi connectivity index (χ3n) is 8.87. The van der Waals surface area contributed by atoms with Gasteiger partial charge in [-0.05, 0) is 34.1 Å². The maximum Gasteiger partial charge on any atom is 0.187 e. The summed E-state index contributed by atoms with van der Waals surface area (Å²) in [6, 6.07) is -6.05. The van der Waals surface area contributed by atoms with Crippen LogP contribution in [0.1, 0.15) is 6.42 Å². The maximum atomic E-state index is 11.3. The van der Waals surface area contributed by atoms with Crippen LogP contribution in [-0.4, -0.2) is 177 Å². The summed E-state index contributed by atoms with van der Waals surface area (Å²) in [4.78, 5) is 13.2. The van der Waals surface area contributed by atoms with Gasteiger partial charge in [-0.3, -0.25) is 0 Å². The molecular formula is C23H35N15O14. The lowest BCUT2D eigenvalue weighted by Gasteiger charge is -2.46. The summed E-state index contributed by atoms with van der Waals surface area (Å²) in [5.41, 5.74) is 45.3. The summed E-state index contributed by atoms with van der Waals surface area (Å²) in [7, 11) is 0. The fourth-order valence-corrected chi connectivity index (χ4v) is 6.28. The molecule has 0 amide bonds. The Morgan fingerprint density at radius 2 is 0.981 bits per heavy atom. The lowest BCUT2D eigenvalue weighted by Crippen LogP contribution is -2.63. The Balaban J connectivity index is 1.65. The highest BCUT2D eigenvalue weighted by Gasteiger charge is 2.55. The van der Waals surface area contributed by atoms with Crippen molar-refractivity contribution in [2.24, 2.45) is 25.6 Å². The summed E-state index contributed by atoms with van der Waals surface area (Å²) >= 11 is 0. The summed E-state index contributed by atoms with van der Waals surface area (Å²) in [6.07, 6.45) is -26.0. The molecule has 4 rings (SSSR count). The molecule has 3 saturated heterocycles. The van der Waals surface area contributed by atoms with Gasteiger partial charge in [0, 0.05) is 24.6 Å². The maximum absolute atomic E-state index is 11.3. The molecule has 52 heavy (non-hydrogen) atoms. The van der Waals surface area contributed by atoms with Crippen molar-refractivity contribution < 1.29 is 69.3 Å². The van der Waals surface area contributed by atoms with Gasteiger partial charge >= 0.3 is 0 Å². The Morgan fingerprint density at radius 3 is 1.52 bits per heavy atom. The Kier molecular flexibility index (Phi) is 14.6. The lowest BCUT2D eigenvalue weighted by molar-refractivity contribution is -0.310. The van der Waals surface area contributed by atoms with Crippen LogP contribution in [0.5, 0.6) is 0 Å². The standard InChI is InChI=1S/C23H35N15O14/c24-34-29-2-7-13(42)15(44)10(32-37-27)21(47-7)51-19-9(4-40)49-23(17(19)46)52-20-12(41)5(30-35-25)1-6(31-36-26)18(20)50-22-11(33-38-28)16(45)14(43)8(3-39)48-22/h5-23,39-46H,1-4H2/t5-,6?,7?,8?,9-,10?,11?,12?,13?,14-,15?,16?,17?,18-,19?,20?,21-,22-,23+/m1/s1. The number of aliphatic hydroxyl groups is 8. The van der Waals surface area contributed by atoms with E-state index in [1.165, 1.54) is 0 Å². The van der Waals surface area contributed by atoms with Crippen LogP contribution in [-0.2, 0) is 28.4 Å². The Labute approximate surface area is 289 Å². The van der Waals surface area contributed by atoms with Crippen molar-refractivity contribution in [2.45, 2.75) is 123 Å². The second-order valence-corrected chi connectivity index (χ2v) is 11.8. The molecule has 29 nitrogen and oxygen atoms in total. The molecule has 8 N–H and O–H groups in total. The first kappa shape index (κ1) is 40.8. The largest absolute Gasteiger partial charge is 0.394 e. The van der Waals surface area contributed by atoms with Crippen LogP contribution in [0.25, 0.3) is 52.2 Å². The molecule has 4 aliphatic rings. The van der Waals surface area contributed by atoms with Gasteiger partial charge in [0.2, 0.25) is 0 Å². The van der Waals surface area contributed by atoms with E-state index in [1.807, 2.05) is 0 Å². The summed E-state index contributed by atoms with van der Waals surface area (Å²) in [6.45, 7) is -2.21. The molecule has 0 radical (unpaired) electrons. The van der Waals surface area contributed by atoms with Crippen molar-refractivity contribution in [3.63, 3.8) is 0 Å². The molecule has 12 unspecified atom stereocenters. The van der Waals surface area contributed by atoms with Gasteiger partial charge in [0.05, 0.1) is 62.4 Å².